The van der Waals surface area contributed by atoms with Crippen LogP contribution in [-0.4, -0.2) is 19.1 Å². The Morgan fingerprint density at radius 3 is 2.84 bits per heavy atom. The molecule has 2 rings (SSSR count). The first-order valence-electron chi connectivity index (χ1n) is 7.77. The van der Waals surface area contributed by atoms with E-state index in [2.05, 4.69) is 55.3 Å². The Labute approximate surface area is 118 Å². The first-order valence-corrected chi connectivity index (χ1v) is 7.77. The number of hydrogen-bond acceptors (Lipinski definition) is 2. The number of nitrogens with zero attached hydrogens (tertiary/aromatic N) is 1. The molecule has 1 aliphatic rings. The fourth-order valence-corrected chi connectivity index (χ4v) is 2.98. The number of hydrogen-bond donors (Lipinski definition) is 1. The van der Waals surface area contributed by atoms with Gasteiger partial charge in [0.2, 0.25) is 0 Å². The van der Waals surface area contributed by atoms with Crippen molar-refractivity contribution in [3.63, 3.8) is 0 Å². The minimum absolute atomic E-state index is 0.541. The molecule has 1 unspecified atom stereocenters. The van der Waals surface area contributed by atoms with Crippen LogP contribution in [0.25, 0.3) is 0 Å². The van der Waals surface area contributed by atoms with Crippen LogP contribution >= 0.6 is 0 Å². The molecule has 1 aromatic rings. The summed E-state index contributed by atoms with van der Waals surface area (Å²) in [7, 11) is 0. The first-order chi connectivity index (χ1) is 9.20. The Morgan fingerprint density at radius 1 is 1.32 bits per heavy atom. The van der Waals surface area contributed by atoms with Gasteiger partial charge in [0.05, 0.1) is 0 Å². The molecule has 1 saturated heterocycles. The second-order valence-corrected chi connectivity index (χ2v) is 6.05. The lowest BCUT2D eigenvalue weighted by atomic mass is 10.0. The maximum Gasteiger partial charge on any atom is 0.0411 e. The molecule has 0 aromatic heterocycles. The maximum absolute atomic E-state index is 3.54. The van der Waals surface area contributed by atoms with Gasteiger partial charge < -0.3 is 10.2 Å². The van der Waals surface area contributed by atoms with Crippen molar-refractivity contribution < 1.29 is 0 Å². The van der Waals surface area contributed by atoms with Gasteiger partial charge in [-0.25, -0.2) is 0 Å². The number of rotatable bonds is 6. The highest BCUT2D eigenvalue weighted by Crippen LogP contribution is 2.29. The van der Waals surface area contributed by atoms with Crippen molar-refractivity contribution in [1.82, 2.24) is 5.32 Å². The van der Waals surface area contributed by atoms with Gasteiger partial charge in [0.1, 0.15) is 0 Å². The molecule has 1 fully saturated rings. The second-order valence-electron chi connectivity index (χ2n) is 6.05. The molecular weight excluding hydrogens is 232 g/mol. The summed E-state index contributed by atoms with van der Waals surface area (Å²) >= 11 is 0. The zero-order valence-electron chi connectivity index (χ0n) is 12.7. The lowest BCUT2D eigenvalue weighted by Gasteiger charge is -2.23. The van der Waals surface area contributed by atoms with Gasteiger partial charge >= 0.3 is 0 Å². The molecule has 1 atom stereocenters. The van der Waals surface area contributed by atoms with Crippen LogP contribution in [0, 0.1) is 5.92 Å². The first kappa shape index (κ1) is 14.4. The van der Waals surface area contributed by atoms with Crippen LogP contribution in [0.1, 0.15) is 45.6 Å². The lowest BCUT2D eigenvalue weighted by Crippen LogP contribution is -2.25. The molecule has 2 heteroatoms. The van der Waals surface area contributed by atoms with E-state index in [0.717, 1.165) is 12.5 Å². The maximum atomic E-state index is 3.54. The Hall–Kier alpha value is -1.02. The molecule has 106 valence electrons. The standard InChI is InChI=1S/C17H28N2/c1-4-7-15-10-11-19(13-15)17-9-6-5-8-16(17)12-18-14(2)3/h5-6,8-9,14-15,18H,4,7,10-13H2,1-3H3. The summed E-state index contributed by atoms with van der Waals surface area (Å²) in [5, 5.41) is 3.54. The summed E-state index contributed by atoms with van der Waals surface area (Å²) < 4.78 is 0. The molecular formula is C17H28N2. The number of para-hydroxylation sites is 1. The van der Waals surface area contributed by atoms with E-state index in [4.69, 9.17) is 0 Å². The summed E-state index contributed by atoms with van der Waals surface area (Å²) in [5.74, 6) is 0.899. The normalized spacial score (nSPS) is 19.4. The van der Waals surface area contributed by atoms with E-state index in [1.165, 1.54) is 43.6 Å². The van der Waals surface area contributed by atoms with Gasteiger partial charge in [0.15, 0.2) is 0 Å². The van der Waals surface area contributed by atoms with E-state index in [1.54, 1.807) is 0 Å². The van der Waals surface area contributed by atoms with E-state index in [0.29, 0.717) is 6.04 Å². The predicted octanol–water partition coefficient (Wildman–Crippen LogP) is 3.81. The molecule has 1 aliphatic heterocycles. The Kier molecular flexibility index (Phi) is 5.26. The number of nitrogens with one attached hydrogen (secondary N) is 1. The highest BCUT2D eigenvalue weighted by Gasteiger charge is 2.23. The summed E-state index contributed by atoms with van der Waals surface area (Å²) in [6.07, 6.45) is 4.05. The highest BCUT2D eigenvalue weighted by molar-refractivity contribution is 5.54. The van der Waals surface area contributed by atoms with Crippen LogP contribution in [0.5, 0.6) is 0 Å². The number of anilines is 1. The molecule has 2 nitrogen and oxygen atoms in total. The van der Waals surface area contributed by atoms with E-state index < -0.39 is 0 Å². The van der Waals surface area contributed by atoms with E-state index in [1.807, 2.05) is 0 Å². The van der Waals surface area contributed by atoms with E-state index in [-0.39, 0.29) is 0 Å². The third-order valence-corrected chi connectivity index (χ3v) is 4.02. The Morgan fingerprint density at radius 2 is 2.11 bits per heavy atom. The van der Waals surface area contributed by atoms with Crippen molar-refractivity contribution in [2.45, 2.75) is 52.6 Å². The predicted molar refractivity (Wildman–Crippen MR) is 83.6 cm³/mol. The average Bonchev–Trinajstić information content (AvgIpc) is 2.85. The van der Waals surface area contributed by atoms with Crippen LogP contribution in [0.3, 0.4) is 0 Å². The van der Waals surface area contributed by atoms with Crippen molar-refractivity contribution >= 4 is 5.69 Å². The van der Waals surface area contributed by atoms with Gasteiger partial charge in [-0.15, -0.1) is 0 Å². The molecule has 0 saturated carbocycles. The highest BCUT2D eigenvalue weighted by atomic mass is 15.2. The van der Waals surface area contributed by atoms with E-state index in [9.17, 15) is 0 Å². The third kappa shape index (κ3) is 3.97. The molecule has 0 aliphatic carbocycles. The molecule has 1 aromatic carbocycles. The Bertz CT molecular complexity index is 387. The second kappa shape index (κ2) is 6.95. The topological polar surface area (TPSA) is 15.3 Å². The fourth-order valence-electron chi connectivity index (χ4n) is 2.98. The zero-order chi connectivity index (χ0) is 13.7. The molecule has 19 heavy (non-hydrogen) atoms. The minimum atomic E-state index is 0.541. The van der Waals surface area contributed by atoms with Crippen molar-refractivity contribution in [3.8, 4) is 0 Å². The molecule has 0 amide bonds. The van der Waals surface area contributed by atoms with Crippen LogP contribution in [0.4, 0.5) is 5.69 Å². The smallest absolute Gasteiger partial charge is 0.0411 e. The molecule has 1 N–H and O–H groups in total. The van der Waals surface area contributed by atoms with E-state index >= 15 is 0 Å². The van der Waals surface area contributed by atoms with Crippen molar-refractivity contribution in [2.24, 2.45) is 5.92 Å². The quantitative estimate of drug-likeness (QED) is 0.836. The molecule has 0 bridgehead atoms. The van der Waals surface area contributed by atoms with Crippen LogP contribution in [-0.2, 0) is 6.54 Å². The summed E-state index contributed by atoms with van der Waals surface area (Å²) in [6, 6.07) is 9.41. The van der Waals surface area contributed by atoms with Gasteiger partial charge in [-0.1, -0.05) is 45.4 Å². The van der Waals surface area contributed by atoms with Crippen molar-refractivity contribution in [2.75, 3.05) is 18.0 Å². The molecule has 1 heterocycles. The van der Waals surface area contributed by atoms with Crippen LogP contribution in [0.15, 0.2) is 24.3 Å². The fraction of sp³-hybridized carbons (Fsp3) is 0.647. The van der Waals surface area contributed by atoms with Crippen molar-refractivity contribution in [3.05, 3.63) is 29.8 Å². The minimum Gasteiger partial charge on any atom is -0.371 e. The van der Waals surface area contributed by atoms with Gasteiger partial charge in [-0.3, -0.25) is 0 Å². The summed E-state index contributed by atoms with van der Waals surface area (Å²) in [6.45, 7) is 10.1. The monoisotopic (exact) mass is 260 g/mol. The van der Waals surface area contributed by atoms with Crippen LogP contribution < -0.4 is 10.2 Å². The molecule has 0 radical (unpaired) electrons. The molecule has 0 spiro atoms. The number of benzene rings is 1. The van der Waals surface area contributed by atoms with Gasteiger partial charge in [0, 0.05) is 31.4 Å². The SMILES string of the molecule is CCCC1CCN(c2ccccc2CNC(C)C)C1. The van der Waals surface area contributed by atoms with Gasteiger partial charge in [-0.05, 0) is 30.4 Å². The Balaban J connectivity index is 2.03. The van der Waals surface area contributed by atoms with Crippen LogP contribution in [0.2, 0.25) is 0 Å². The van der Waals surface area contributed by atoms with Gasteiger partial charge in [-0.2, -0.15) is 0 Å². The lowest BCUT2D eigenvalue weighted by molar-refractivity contribution is 0.529. The largest absolute Gasteiger partial charge is 0.371 e. The van der Waals surface area contributed by atoms with Gasteiger partial charge in [0.25, 0.3) is 0 Å². The average molecular weight is 260 g/mol. The summed E-state index contributed by atoms with van der Waals surface area (Å²) in [4.78, 5) is 2.58. The summed E-state index contributed by atoms with van der Waals surface area (Å²) in [5.41, 5.74) is 2.88. The third-order valence-electron chi connectivity index (χ3n) is 4.02. The zero-order valence-corrected chi connectivity index (χ0v) is 12.7. The van der Waals surface area contributed by atoms with Crippen molar-refractivity contribution in [1.29, 1.82) is 0 Å².